The van der Waals surface area contributed by atoms with Gasteiger partial charge in [0, 0.05) is 23.6 Å². The molecule has 0 saturated carbocycles. The summed E-state index contributed by atoms with van der Waals surface area (Å²) in [5.74, 6) is -1.79. The van der Waals surface area contributed by atoms with Crippen molar-refractivity contribution in [1.82, 2.24) is 9.88 Å². The van der Waals surface area contributed by atoms with E-state index in [-0.39, 0.29) is 12.2 Å². The first kappa shape index (κ1) is 17.4. The molecule has 0 fully saturated rings. The molecule has 6 heteroatoms. The van der Waals surface area contributed by atoms with E-state index in [0.29, 0.717) is 11.9 Å². The molecule has 0 spiro atoms. The van der Waals surface area contributed by atoms with Crippen LogP contribution in [0.5, 0.6) is 0 Å². The maximum Gasteiger partial charge on any atom is 0.414 e. The van der Waals surface area contributed by atoms with Gasteiger partial charge in [-0.25, -0.2) is 4.79 Å². The van der Waals surface area contributed by atoms with Crippen LogP contribution in [0.15, 0.2) is 60.8 Å². The van der Waals surface area contributed by atoms with Crippen LogP contribution in [0, 0.1) is 0 Å². The van der Waals surface area contributed by atoms with E-state index in [2.05, 4.69) is 4.74 Å². The van der Waals surface area contributed by atoms with Crippen LogP contribution in [-0.2, 0) is 16.1 Å². The number of hydrogen-bond acceptors (Lipinski definition) is 4. The number of alkyl carbamates (subject to hydrolysis) is 1. The Labute approximate surface area is 150 Å². The predicted octanol–water partition coefficient (Wildman–Crippen LogP) is 3.15. The van der Waals surface area contributed by atoms with Crippen molar-refractivity contribution >= 4 is 28.7 Å². The number of fused-ring (bicyclic) bond motifs is 1. The molecule has 3 aromatic rings. The number of nitrogens with zero attached hydrogens (tertiary/aromatic N) is 1. The molecule has 26 heavy (non-hydrogen) atoms. The first-order chi connectivity index (χ1) is 12.6. The molecule has 1 aromatic heterocycles. The standard InChI is InChI=1S/C20H18N2O4/c1-2-26-20(25)21-19(24)18(23)16-13-22(12-14-8-4-3-5-9-14)17-11-7-6-10-15(16)17/h3-11,13H,2,12H2,1H3,(H,21,24,25). The molecule has 1 N–H and O–H groups in total. The average Bonchev–Trinajstić information content (AvgIpc) is 3.01. The number of benzene rings is 2. The molecule has 0 aliphatic rings. The summed E-state index contributed by atoms with van der Waals surface area (Å²) in [7, 11) is 0. The maximum absolute atomic E-state index is 12.5. The second-order valence-electron chi connectivity index (χ2n) is 5.68. The lowest BCUT2D eigenvalue weighted by atomic mass is 10.1. The average molecular weight is 350 g/mol. The highest BCUT2D eigenvalue weighted by Gasteiger charge is 2.23. The summed E-state index contributed by atoms with van der Waals surface area (Å²) < 4.78 is 6.55. The number of nitrogens with one attached hydrogen (secondary N) is 1. The number of carbonyl (C=O) groups is 3. The fraction of sp³-hybridized carbons (Fsp3) is 0.150. The van der Waals surface area contributed by atoms with E-state index in [9.17, 15) is 14.4 Å². The maximum atomic E-state index is 12.5. The van der Waals surface area contributed by atoms with Crippen molar-refractivity contribution in [2.75, 3.05) is 6.61 Å². The minimum atomic E-state index is -1.01. The van der Waals surface area contributed by atoms with Crippen molar-refractivity contribution in [3.8, 4) is 0 Å². The number of imide groups is 1. The zero-order valence-corrected chi connectivity index (χ0v) is 14.3. The van der Waals surface area contributed by atoms with Crippen molar-refractivity contribution in [2.24, 2.45) is 0 Å². The second-order valence-corrected chi connectivity index (χ2v) is 5.68. The number of Topliss-reactive ketones (excluding diaryl/α,β-unsaturated/α-hetero) is 1. The van der Waals surface area contributed by atoms with Crippen LogP contribution in [0.2, 0.25) is 0 Å². The number of carbonyl (C=O) groups excluding carboxylic acids is 3. The molecular formula is C20H18N2O4. The molecule has 2 aromatic carbocycles. The van der Waals surface area contributed by atoms with Crippen molar-refractivity contribution in [3.05, 3.63) is 71.9 Å². The SMILES string of the molecule is CCOC(=O)NC(=O)C(=O)c1cn(Cc2ccccc2)c2ccccc12. The van der Waals surface area contributed by atoms with Crippen LogP contribution in [0.3, 0.4) is 0 Å². The summed E-state index contributed by atoms with van der Waals surface area (Å²) >= 11 is 0. The summed E-state index contributed by atoms with van der Waals surface area (Å²) in [6, 6.07) is 17.1. The molecule has 1 heterocycles. The third-order valence-corrected chi connectivity index (χ3v) is 3.93. The molecule has 0 radical (unpaired) electrons. The summed E-state index contributed by atoms with van der Waals surface area (Å²) in [4.78, 5) is 36.0. The second kappa shape index (κ2) is 7.65. The van der Waals surface area contributed by atoms with Gasteiger partial charge >= 0.3 is 12.0 Å². The van der Waals surface area contributed by atoms with E-state index < -0.39 is 17.8 Å². The molecule has 0 unspecified atom stereocenters. The van der Waals surface area contributed by atoms with Crippen LogP contribution in [-0.4, -0.2) is 29.0 Å². The first-order valence-electron chi connectivity index (χ1n) is 8.24. The predicted molar refractivity (Wildman–Crippen MR) is 97.0 cm³/mol. The van der Waals surface area contributed by atoms with Gasteiger partial charge in [-0.1, -0.05) is 48.5 Å². The van der Waals surface area contributed by atoms with Gasteiger partial charge in [0.25, 0.3) is 5.78 Å². The summed E-state index contributed by atoms with van der Waals surface area (Å²) in [6.07, 6.45) is 0.712. The van der Waals surface area contributed by atoms with Crippen molar-refractivity contribution in [2.45, 2.75) is 13.5 Å². The fourth-order valence-corrected chi connectivity index (χ4v) is 2.78. The molecule has 0 aliphatic heterocycles. The molecule has 6 nitrogen and oxygen atoms in total. The van der Waals surface area contributed by atoms with Gasteiger partial charge in [0.05, 0.1) is 12.2 Å². The van der Waals surface area contributed by atoms with Gasteiger partial charge in [0.2, 0.25) is 0 Å². The van der Waals surface area contributed by atoms with Crippen LogP contribution in [0.1, 0.15) is 22.8 Å². The van der Waals surface area contributed by atoms with Gasteiger partial charge in [0.15, 0.2) is 0 Å². The van der Waals surface area contributed by atoms with Crippen LogP contribution in [0.4, 0.5) is 4.79 Å². The zero-order valence-electron chi connectivity index (χ0n) is 14.3. The van der Waals surface area contributed by atoms with Crippen molar-refractivity contribution in [1.29, 1.82) is 0 Å². The van der Waals surface area contributed by atoms with E-state index in [0.717, 1.165) is 11.1 Å². The number of hydrogen-bond donors (Lipinski definition) is 1. The smallest absolute Gasteiger partial charge is 0.414 e. The molecule has 3 rings (SSSR count). The van der Waals surface area contributed by atoms with Crippen LogP contribution in [0.25, 0.3) is 10.9 Å². The first-order valence-corrected chi connectivity index (χ1v) is 8.24. The Morgan fingerprint density at radius 2 is 1.69 bits per heavy atom. The highest BCUT2D eigenvalue weighted by atomic mass is 16.5. The third-order valence-electron chi connectivity index (χ3n) is 3.93. The topological polar surface area (TPSA) is 77.4 Å². The Morgan fingerprint density at radius 1 is 1.00 bits per heavy atom. The lowest BCUT2D eigenvalue weighted by Gasteiger charge is -2.05. The van der Waals surface area contributed by atoms with Crippen LogP contribution >= 0.6 is 0 Å². The van der Waals surface area contributed by atoms with Gasteiger partial charge < -0.3 is 9.30 Å². The zero-order chi connectivity index (χ0) is 18.5. The molecule has 2 amide bonds. The highest BCUT2D eigenvalue weighted by Crippen LogP contribution is 2.23. The Balaban J connectivity index is 1.92. The summed E-state index contributed by atoms with van der Waals surface area (Å²) in [5.41, 5.74) is 2.16. The molecule has 0 bridgehead atoms. The number of rotatable bonds is 5. The largest absolute Gasteiger partial charge is 0.450 e. The third kappa shape index (κ3) is 3.64. The number of ether oxygens (including phenoxy) is 1. The number of amides is 2. The van der Waals surface area contributed by atoms with E-state index in [1.54, 1.807) is 25.3 Å². The van der Waals surface area contributed by atoms with Gasteiger partial charge in [-0.2, -0.15) is 0 Å². The van der Waals surface area contributed by atoms with E-state index in [1.165, 1.54) is 0 Å². The van der Waals surface area contributed by atoms with Crippen molar-refractivity contribution in [3.63, 3.8) is 0 Å². The Kier molecular flexibility index (Phi) is 5.12. The van der Waals surface area contributed by atoms with Gasteiger partial charge in [-0.05, 0) is 18.6 Å². The monoisotopic (exact) mass is 350 g/mol. The molecule has 0 saturated heterocycles. The molecule has 0 aliphatic carbocycles. The normalized spacial score (nSPS) is 10.5. The molecule has 132 valence electrons. The van der Waals surface area contributed by atoms with E-state index in [1.807, 2.05) is 52.3 Å². The van der Waals surface area contributed by atoms with E-state index in [4.69, 9.17) is 0 Å². The van der Waals surface area contributed by atoms with Gasteiger partial charge in [-0.15, -0.1) is 0 Å². The quantitative estimate of drug-likeness (QED) is 0.566. The lowest BCUT2D eigenvalue weighted by Crippen LogP contribution is -2.36. The Morgan fingerprint density at radius 3 is 2.42 bits per heavy atom. The minimum Gasteiger partial charge on any atom is -0.450 e. The summed E-state index contributed by atoms with van der Waals surface area (Å²) in [6.45, 7) is 2.29. The number of aromatic nitrogens is 1. The van der Waals surface area contributed by atoms with Gasteiger partial charge in [0.1, 0.15) is 0 Å². The number of para-hydroxylation sites is 1. The Bertz CT molecular complexity index is 960. The van der Waals surface area contributed by atoms with E-state index >= 15 is 0 Å². The number of ketones is 1. The highest BCUT2D eigenvalue weighted by molar-refractivity contribution is 6.46. The molecule has 0 atom stereocenters. The van der Waals surface area contributed by atoms with Crippen LogP contribution < -0.4 is 5.32 Å². The molecular weight excluding hydrogens is 332 g/mol. The van der Waals surface area contributed by atoms with Gasteiger partial charge in [-0.3, -0.25) is 14.9 Å². The lowest BCUT2D eigenvalue weighted by molar-refractivity contribution is -0.116. The fourth-order valence-electron chi connectivity index (χ4n) is 2.78. The summed E-state index contributed by atoms with van der Waals surface area (Å²) in [5, 5.41) is 2.60. The minimum absolute atomic E-state index is 0.115. The van der Waals surface area contributed by atoms with Crippen molar-refractivity contribution < 1.29 is 19.1 Å². The Hall–Kier alpha value is -3.41.